The number of carbonyl (C=O) groups excluding carboxylic acids is 4. The first-order valence-corrected chi connectivity index (χ1v) is 10.0. The number of rotatable bonds is 3. The van der Waals surface area contributed by atoms with Crippen LogP contribution >= 0.6 is 0 Å². The van der Waals surface area contributed by atoms with E-state index in [9.17, 15) is 19.2 Å². The van der Waals surface area contributed by atoms with E-state index >= 15 is 0 Å². The fraction of sp³-hybridized carbons (Fsp3) is 0.789. The van der Waals surface area contributed by atoms with E-state index in [0.717, 1.165) is 30.6 Å². The van der Waals surface area contributed by atoms with E-state index in [2.05, 4.69) is 10.6 Å². The lowest BCUT2D eigenvalue weighted by molar-refractivity contribution is -0.150. The molecule has 3 rings (SSSR count). The quantitative estimate of drug-likeness (QED) is 0.739. The van der Waals surface area contributed by atoms with E-state index in [-0.39, 0.29) is 43.0 Å². The number of piperidine rings is 1. The summed E-state index contributed by atoms with van der Waals surface area (Å²) in [6, 6.07) is -1.14. The monoisotopic (exact) mass is 363 g/mol. The molecule has 4 amide bonds. The highest BCUT2D eigenvalue weighted by Gasteiger charge is 2.46. The Morgan fingerprint density at radius 3 is 2.08 bits per heavy atom. The second-order valence-electron chi connectivity index (χ2n) is 7.74. The molecule has 7 heteroatoms. The molecule has 0 radical (unpaired) electrons. The van der Waals surface area contributed by atoms with Gasteiger partial charge in [0.15, 0.2) is 0 Å². The molecule has 0 bridgehead atoms. The van der Waals surface area contributed by atoms with Gasteiger partial charge in [0.1, 0.15) is 6.04 Å². The summed E-state index contributed by atoms with van der Waals surface area (Å²) < 4.78 is 0. The normalized spacial score (nSPS) is 29.8. The number of imide groups is 2. The Morgan fingerprint density at radius 2 is 1.46 bits per heavy atom. The number of nitrogens with one attached hydrogen (secondary N) is 2. The SMILES string of the molecule is O=C1CCC(N2C(=O)CC(NC3CCCCCCCCC3)C2=O)C(=O)N1. The third kappa shape index (κ3) is 4.50. The van der Waals surface area contributed by atoms with Gasteiger partial charge in [0, 0.05) is 12.5 Å². The molecule has 2 unspecified atom stereocenters. The van der Waals surface area contributed by atoms with Gasteiger partial charge in [-0.3, -0.25) is 29.4 Å². The van der Waals surface area contributed by atoms with Crippen LogP contribution in [0, 0.1) is 0 Å². The van der Waals surface area contributed by atoms with Crippen LogP contribution in [0.1, 0.15) is 77.0 Å². The lowest BCUT2D eigenvalue weighted by Gasteiger charge is -2.29. The predicted octanol–water partition coefficient (Wildman–Crippen LogP) is 1.40. The van der Waals surface area contributed by atoms with Crippen molar-refractivity contribution in [2.75, 3.05) is 0 Å². The Balaban J connectivity index is 1.60. The van der Waals surface area contributed by atoms with Crippen molar-refractivity contribution in [1.29, 1.82) is 0 Å². The number of amides is 4. The summed E-state index contributed by atoms with van der Waals surface area (Å²) >= 11 is 0. The van der Waals surface area contributed by atoms with Crippen molar-refractivity contribution in [3.05, 3.63) is 0 Å². The molecule has 144 valence electrons. The Hall–Kier alpha value is -1.76. The minimum absolute atomic E-state index is 0.104. The van der Waals surface area contributed by atoms with Crippen LogP contribution in [-0.4, -0.2) is 46.7 Å². The van der Waals surface area contributed by atoms with Crippen molar-refractivity contribution in [1.82, 2.24) is 15.5 Å². The van der Waals surface area contributed by atoms with Crippen LogP contribution < -0.4 is 10.6 Å². The van der Waals surface area contributed by atoms with Crippen LogP contribution in [0.4, 0.5) is 0 Å². The predicted molar refractivity (Wildman–Crippen MR) is 94.9 cm³/mol. The van der Waals surface area contributed by atoms with Gasteiger partial charge >= 0.3 is 0 Å². The van der Waals surface area contributed by atoms with Crippen molar-refractivity contribution in [2.45, 2.75) is 95.2 Å². The van der Waals surface area contributed by atoms with E-state index in [1.807, 2.05) is 0 Å². The van der Waals surface area contributed by atoms with E-state index in [1.54, 1.807) is 0 Å². The van der Waals surface area contributed by atoms with Crippen LogP contribution in [0.25, 0.3) is 0 Å². The van der Waals surface area contributed by atoms with Crippen LogP contribution in [0.3, 0.4) is 0 Å². The fourth-order valence-corrected chi connectivity index (χ4v) is 4.30. The second-order valence-corrected chi connectivity index (χ2v) is 7.74. The molecule has 2 heterocycles. The molecule has 2 atom stereocenters. The zero-order chi connectivity index (χ0) is 18.5. The lowest BCUT2D eigenvalue weighted by atomic mass is 9.96. The van der Waals surface area contributed by atoms with Crippen molar-refractivity contribution in [2.24, 2.45) is 0 Å². The highest BCUT2D eigenvalue weighted by Crippen LogP contribution is 2.23. The smallest absolute Gasteiger partial charge is 0.249 e. The van der Waals surface area contributed by atoms with Gasteiger partial charge in [-0.2, -0.15) is 0 Å². The Labute approximate surface area is 154 Å². The molecule has 2 aliphatic heterocycles. The molecule has 2 N–H and O–H groups in total. The highest BCUT2D eigenvalue weighted by atomic mass is 16.2. The summed E-state index contributed by atoms with van der Waals surface area (Å²) in [6.07, 6.45) is 11.1. The summed E-state index contributed by atoms with van der Waals surface area (Å²) in [6.45, 7) is 0. The summed E-state index contributed by atoms with van der Waals surface area (Å²) in [5, 5.41) is 5.62. The summed E-state index contributed by atoms with van der Waals surface area (Å²) in [5.41, 5.74) is 0. The summed E-state index contributed by atoms with van der Waals surface area (Å²) in [4.78, 5) is 49.6. The van der Waals surface area contributed by atoms with Crippen LogP contribution in [0.5, 0.6) is 0 Å². The molecule has 0 spiro atoms. The number of hydrogen-bond donors (Lipinski definition) is 2. The van der Waals surface area contributed by atoms with Gasteiger partial charge in [0.25, 0.3) is 0 Å². The van der Waals surface area contributed by atoms with Crippen LogP contribution in [0.2, 0.25) is 0 Å². The third-order valence-corrected chi connectivity index (χ3v) is 5.75. The summed E-state index contributed by atoms with van der Waals surface area (Å²) in [7, 11) is 0. The van der Waals surface area contributed by atoms with E-state index in [4.69, 9.17) is 0 Å². The zero-order valence-electron chi connectivity index (χ0n) is 15.3. The molecule has 0 aromatic rings. The standard InChI is InChI=1S/C19H29N3O4/c23-16-11-10-15(18(25)21-16)22-17(24)12-14(19(22)26)20-13-8-6-4-2-1-3-5-7-9-13/h13-15,20H,1-12H2,(H,21,23,25). The van der Waals surface area contributed by atoms with Gasteiger partial charge in [-0.1, -0.05) is 44.9 Å². The van der Waals surface area contributed by atoms with Gasteiger partial charge in [-0.25, -0.2) is 0 Å². The first-order valence-electron chi connectivity index (χ1n) is 10.0. The average Bonchev–Trinajstić information content (AvgIpc) is 2.88. The maximum atomic E-state index is 12.8. The summed E-state index contributed by atoms with van der Waals surface area (Å²) in [5.74, 6) is -1.52. The van der Waals surface area contributed by atoms with Gasteiger partial charge in [0.2, 0.25) is 23.6 Å². The molecular weight excluding hydrogens is 334 g/mol. The zero-order valence-corrected chi connectivity index (χ0v) is 15.3. The Morgan fingerprint density at radius 1 is 0.846 bits per heavy atom. The number of hydrogen-bond acceptors (Lipinski definition) is 5. The van der Waals surface area contributed by atoms with E-state index in [0.29, 0.717) is 0 Å². The minimum Gasteiger partial charge on any atom is -0.303 e. The second kappa shape index (κ2) is 8.75. The largest absolute Gasteiger partial charge is 0.303 e. The number of likely N-dealkylation sites (tertiary alicyclic amines) is 1. The maximum Gasteiger partial charge on any atom is 0.249 e. The van der Waals surface area contributed by atoms with Crippen LogP contribution in [0.15, 0.2) is 0 Å². The molecule has 0 aromatic carbocycles. The molecule has 3 fully saturated rings. The number of nitrogens with zero attached hydrogens (tertiary/aromatic N) is 1. The van der Waals surface area contributed by atoms with Gasteiger partial charge in [-0.05, 0) is 19.3 Å². The fourth-order valence-electron chi connectivity index (χ4n) is 4.30. The number of carbonyl (C=O) groups is 4. The van der Waals surface area contributed by atoms with Crippen molar-refractivity contribution in [3.63, 3.8) is 0 Å². The topological polar surface area (TPSA) is 95.6 Å². The van der Waals surface area contributed by atoms with Gasteiger partial charge < -0.3 is 5.32 Å². The molecular formula is C19H29N3O4. The van der Waals surface area contributed by atoms with Gasteiger partial charge in [0.05, 0.1) is 12.5 Å². The minimum atomic E-state index is -0.844. The molecule has 3 aliphatic rings. The molecule has 2 saturated heterocycles. The molecule has 26 heavy (non-hydrogen) atoms. The Bertz CT molecular complexity index is 567. The van der Waals surface area contributed by atoms with Crippen molar-refractivity contribution >= 4 is 23.6 Å². The Kier molecular flexibility index (Phi) is 6.40. The van der Waals surface area contributed by atoms with Crippen molar-refractivity contribution < 1.29 is 19.2 Å². The first kappa shape index (κ1) is 19.0. The van der Waals surface area contributed by atoms with E-state index in [1.165, 1.54) is 32.1 Å². The molecule has 7 nitrogen and oxygen atoms in total. The van der Waals surface area contributed by atoms with Gasteiger partial charge in [-0.15, -0.1) is 0 Å². The first-order chi connectivity index (χ1) is 12.6. The molecule has 1 saturated carbocycles. The maximum absolute atomic E-state index is 12.8. The highest BCUT2D eigenvalue weighted by molar-refractivity contribution is 6.11. The van der Waals surface area contributed by atoms with Crippen LogP contribution in [-0.2, 0) is 19.2 Å². The van der Waals surface area contributed by atoms with E-state index < -0.39 is 18.0 Å². The third-order valence-electron chi connectivity index (χ3n) is 5.75. The average molecular weight is 363 g/mol. The van der Waals surface area contributed by atoms with Crippen molar-refractivity contribution in [3.8, 4) is 0 Å². The lowest BCUT2D eigenvalue weighted by Crippen LogP contribution is -2.55. The molecule has 1 aliphatic carbocycles. The molecule has 0 aromatic heterocycles.